The molecule has 0 atom stereocenters. The van der Waals surface area contributed by atoms with Gasteiger partial charge in [-0.05, 0) is 38.1 Å². The predicted octanol–water partition coefficient (Wildman–Crippen LogP) is 2.37. The highest BCUT2D eigenvalue weighted by atomic mass is 32.2. The predicted molar refractivity (Wildman–Crippen MR) is 88.4 cm³/mol. The average molecular weight is 325 g/mol. The average Bonchev–Trinajstić information content (AvgIpc) is 2.49. The zero-order valence-electron chi connectivity index (χ0n) is 13.2. The van der Waals surface area contributed by atoms with Crippen LogP contribution in [-0.2, 0) is 10.0 Å². The first-order chi connectivity index (χ1) is 10.4. The number of sulfonamides is 1. The van der Waals surface area contributed by atoms with Crippen LogP contribution in [0.1, 0.15) is 13.8 Å². The van der Waals surface area contributed by atoms with Crippen LogP contribution in [0.15, 0.2) is 41.8 Å². The summed E-state index contributed by atoms with van der Waals surface area (Å²) < 4.78 is 25.7. The Kier molecular flexibility index (Phi) is 6.58. The van der Waals surface area contributed by atoms with E-state index in [1.807, 2.05) is 13.8 Å². The molecule has 0 aromatic heterocycles. The fourth-order valence-electron chi connectivity index (χ4n) is 1.88. The van der Waals surface area contributed by atoms with E-state index in [0.29, 0.717) is 18.8 Å². The molecule has 2 amide bonds. The molecule has 6 nitrogen and oxygen atoms in total. The molecule has 0 aliphatic carbocycles. The van der Waals surface area contributed by atoms with E-state index in [1.165, 1.54) is 29.6 Å². The fourth-order valence-corrected chi connectivity index (χ4v) is 3.03. The van der Waals surface area contributed by atoms with Crippen molar-refractivity contribution in [3.8, 4) is 0 Å². The van der Waals surface area contributed by atoms with Crippen molar-refractivity contribution in [1.82, 2.24) is 9.21 Å². The van der Waals surface area contributed by atoms with Crippen LogP contribution in [0.4, 0.5) is 10.5 Å². The van der Waals surface area contributed by atoms with Crippen molar-refractivity contribution in [3.63, 3.8) is 0 Å². The van der Waals surface area contributed by atoms with Crippen LogP contribution in [0.2, 0.25) is 0 Å². The topological polar surface area (TPSA) is 69.7 Å². The third kappa shape index (κ3) is 4.32. The van der Waals surface area contributed by atoms with Gasteiger partial charge in [-0.2, -0.15) is 4.31 Å². The monoisotopic (exact) mass is 325 g/mol. The van der Waals surface area contributed by atoms with Gasteiger partial charge in [0.15, 0.2) is 0 Å². The first-order valence-electron chi connectivity index (χ1n) is 7.10. The van der Waals surface area contributed by atoms with Crippen molar-refractivity contribution in [1.29, 1.82) is 0 Å². The third-order valence-electron chi connectivity index (χ3n) is 3.25. The number of nitrogens with one attached hydrogen (secondary N) is 1. The number of hydrogen-bond acceptors (Lipinski definition) is 3. The molecular formula is C15H23N3O3S. The van der Waals surface area contributed by atoms with Crippen LogP contribution in [0, 0.1) is 0 Å². The molecule has 0 aliphatic heterocycles. The molecule has 0 fully saturated rings. The lowest BCUT2D eigenvalue weighted by molar-refractivity contribution is 0.217. The summed E-state index contributed by atoms with van der Waals surface area (Å²) in [4.78, 5) is 13.7. The van der Waals surface area contributed by atoms with Gasteiger partial charge < -0.3 is 10.2 Å². The maximum Gasteiger partial charge on any atom is 0.321 e. The van der Waals surface area contributed by atoms with E-state index in [0.717, 1.165) is 0 Å². The van der Waals surface area contributed by atoms with Crippen molar-refractivity contribution >= 4 is 21.7 Å². The molecule has 1 rings (SSSR count). The van der Waals surface area contributed by atoms with Gasteiger partial charge in [0.2, 0.25) is 10.0 Å². The van der Waals surface area contributed by atoms with Gasteiger partial charge in [0.1, 0.15) is 0 Å². The van der Waals surface area contributed by atoms with Crippen LogP contribution >= 0.6 is 0 Å². The van der Waals surface area contributed by atoms with E-state index in [9.17, 15) is 13.2 Å². The summed E-state index contributed by atoms with van der Waals surface area (Å²) in [6.07, 6.45) is 1.52. The highest BCUT2D eigenvalue weighted by Crippen LogP contribution is 2.17. The van der Waals surface area contributed by atoms with E-state index in [4.69, 9.17) is 0 Å². The number of urea groups is 1. The summed E-state index contributed by atoms with van der Waals surface area (Å²) in [7, 11) is -2.04. The summed E-state index contributed by atoms with van der Waals surface area (Å²) in [5.41, 5.74) is 0.558. The number of carbonyl (C=O) groups is 1. The molecule has 0 saturated heterocycles. The Morgan fingerprint density at radius 2 is 1.77 bits per heavy atom. The van der Waals surface area contributed by atoms with Crippen molar-refractivity contribution in [2.24, 2.45) is 0 Å². The number of rotatable bonds is 7. The maximum atomic E-state index is 12.2. The number of anilines is 1. The van der Waals surface area contributed by atoms with Gasteiger partial charge in [0.25, 0.3) is 0 Å². The number of carbonyl (C=O) groups excluding carboxylic acids is 1. The molecule has 1 N–H and O–H groups in total. The summed E-state index contributed by atoms with van der Waals surface area (Å²) >= 11 is 0. The lowest BCUT2D eigenvalue weighted by Gasteiger charge is -2.19. The van der Waals surface area contributed by atoms with E-state index in [2.05, 4.69) is 11.9 Å². The molecule has 0 aliphatic rings. The molecule has 0 saturated carbocycles. The Bertz CT molecular complexity index is 607. The maximum absolute atomic E-state index is 12.2. The second-order valence-electron chi connectivity index (χ2n) is 4.70. The van der Waals surface area contributed by atoms with Gasteiger partial charge in [-0.1, -0.05) is 6.08 Å². The molecule has 0 radical (unpaired) electrons. The second-order valence-corrected chi connectivity index (χ2v) is 6.75. The minimum Gasteiger partial charge on any atom is -0.325 e. The van der Waals surface area contributed by atoms with Gasteiger partial charge in [-0.3, -0.25) is 0 Å². The number of benzene rings is 1. The van der Waals surface area contributed by atoms with E-state index < -0.39 is 10.0 Å². The molecule has 1 aromatic carbocycles. The molecular weight excluding hydrogens is 302 g/mol. The van der Waals surface area contributed by atoms with E-state index >= 15 is 0 Å². The second kappa shape index (κ2) is 7.95. The molecule has 0 unspecified atom stereocenters. The minimum absolute atomic E-state index is 0.178. The lowest BCUT2D eigenvalue weighted by atomic mass is 10.3. The van der Waals surface area contributed by atoms with E-state index in [-0.39, 0.29) is 17.5 Å². The summed E-state index contributed by atoms with van der Waals surface area (Å²) in [6, 6.07) is 5.91. The quantitative estimate of drug-likeness (QED) is 0.783. The number of nitrogens with zero attached hydrogens (tertiary/aromatic N) is 2. The third-order valence-corrected chi connectivity index (χ3v) is 5.09. The first-order valence-corrected chi connectivity index (χ1v) is 8.54. The molecule has 0 heterocycles. The van der Waals surface area contributed by atoms with Gasteiger partial charge in [-0.15, -0.1) is 6.58 Å². The SMILES string of the molecule is C=CCN(C)S(=O)(=O)c1ccc(NC(=O)N(CC)CC)cc1. The van der Waals surface area contributed by atoms with Crippen molar-refractivity contribution < 1.29 is 13.2 Å². The molecule has 122 valence electrons. The zero-order chi connectivity index (χ0) is 16.8. The van der Waals surface area contributed by atoms with Crippen molar-refractivity contribution in [3.05, 3.63) is 36.9 Å². The molecule has 0 bridgehead atoms. The number of amides is 2. The number of likely N-dealkylation sites (N-methyl/N-ethyl adjacent to an activating group) is 1. The van der Waals surface area contributed by atoms with Crippen LogP contribution in [0.5, 0.6) is 0 Å². The Labute approximate surface area is 132 Å². The Hall–Kier alpha value is -1.86. The normalized spacial score (nSPS) is 11.3. The molecule has 0 spiro atoms. The first kappa shape index (κ1) is 18.2. The largest absolute Gasteiger partial charge is 0.325 e. The molecule has 1 aromatic rings. The highest BCUT2D eigenvalue weighted by Gasteiger charge is 2.19. The summed E-state index contributed by atoms with van der Waals surface area (Å²) in [6.45, 7) is 8.79. The van der Waals surface area contributed by atoms with Crippen LogP contribution in [0.3, 0.4) is 0 Å². The summed E-state index contributed by atoms with van der Waals surface area (Å²) in [5, 5.41) is 2.74. The van der Waals surface area contributed by atoms with Gasteiger partial charge in [-0.25, -0.2) is 13.2 Å². The van der Waals surface area contributed by atoms with Gasteiger partial charge >= 0.3 is 6.03 Å². The number of hydrogen-bond donors (Lipinski definition) is 1. The van der Waals surface area contributed by atoms with E-state index in [1.54, 1.807) is 17.0 Å². The lowest BCUT2D eigenvalue weighted by Crippen LogP contribution is -2.34. The summed E-state index contributed by atoms with van der Waals surface area (Å²) in [5.74, 6) is 0. The van der Waals surface area contributed by atoms with Gasteiger partial charge in [0.05, 0.1) is 4.90 Å². The van der Waals surface area contributed by atoms with Crippen LogP contribution < -0.4 is 5.32 Å². The van der Waals surface area contributed by atoms with Gasteiger partial charge in [0, 0.05) is 32.4 Å². The smallest absolute Gasteiger partial charge is 0.321 e. The molecule has 22 heavy (non-hydrogen) atoms. The molecule has 7 heteroatoms. The van der Waals surface area contributed by atoms with Crippen molar-refractivity contribution in [2.45, 2.75) is 18.7 Å². The van der Waals surface area contributed by atoms with Crippen LogP contribution in [-0.4, -0.2) is 50.3 Å². The highest BCUT2D eigenvalue weighted by molar-refractivity contribution is 7.89. The Morgan fingerprint density at radius 1 is 1.23 bits per heavy atom. The minimum atomic E-state index is -3.53. The van der Waals surface area contributed by atoms with Crippen LogP contribution in [0.25, 0.3) is 0 Å². The Balaban J connectivity index is 2.87. The standard InChI is InChI=1S/C15H23N3O3S/c1-5-12-17(4)22(20,21)14-10-8-13(9-11-14)16-15(19)18(6-2)7-3/h5,8-11H,1,6-7,12H2,2-4H3,(H,16,19). The Morgan fingerprint density at radius 3 is 2.23 bits per heavy atom. The van der Waals surface area contributed by atoms with Crippen molar-refractivity contribution in [2.75, 3.05) is 32.0 Å². The zero-order valence-corrected chi connectivity index (χ0v) is 14.1. The fraction of sp³-hybridized carbons (Fsp3) is 0.400.